The minimum atomic E-state index is -1.27. The number of nitrogens with zero attached hydrogens (tertiary/aromatic N) is 3. The monoisotopic (exact) mass is 744 g/mol. The number of nitrogens with one attached hydrogen (secondary N) is 1. The van der Waals surface area contributed by atoms with E-state index in [1.165, 1.54) is 4.90 Å². The molecule has 49 heavy (non-hydrogen) atoms. The maximum Gasteiger partial charge on any atom is 0.313 e. The summed E-state index contributed by atoms with van der Waals surface area (Å²) in [5.74, 6) is -3.39. The number of rotatable bonds is 17. The van der Waals surface area contributed by atoms with Crippen molar-refractivity contribution in [3.05, 3.63) is 61.2 Å². The zero-order valence-corrected chi connectivity index (χ0v) is 29.8. The number of carbonyl (C=O) groups is 4. The molecule has 12 nitrogen and oxygen atoms in total. The number of hydrogen-bond donors (Lipinski definition) is 2. The Kier molecular flexibility index (Phi) is 12.7. The third-order valence-corrected chi connectivity index (χ3v) is 10.9. The van der Waals surface area contributed by atoms with E-state index < -0.39 is 47.7 Å². The molecule has 5 rings (SSSR count). The van der Waals surface area contributed by atoms with Crippen molar-refractivity contribution in [1.82, 2.24) is 20.0 Å². The molecule has 2 bridgehead atoms. The van der Waals surface area contributed by atoms with Crippen LogP contribution in [0.15, 0.2) is 55.6 Å². The van der Waals surface area contributed by atoms with Gasteiger partial charge in [-0.2, -0.15) is 0 Å². The van der Waals surface area contributed by atoms with Crippen LogP contribution in [-0.2, 0) is 33.4 Å². The molecule has 1 aromatic rings. The van der Waals surface area contributed by atoms with E-state index in [2.05, 4.69) is 39.3 Å². The van der Waals surface area contributed by atoms with Gasteiger partial charge < -0.3 is 34.4 Å². The van der Waals surface area contributed by atoms with E-state index in [1.807, 2.05) is 30.3 Å². The smallest absolute Gasteiger partial charge is 0.313 e. The number of aliphatic hydroxyl groups is 1. The van der Waals surface area contributed by atoms with E-state index in [-0.39, 0.29) is 55.1 Å². The molecule has 4 aliphatic rings. The van der Waals surface area contributed by atoms with Gasteiger partial charge in [-0.25, -0.2) is 0 Å². The summed E-state index contributed by atoms with van der Waals surface area (Å²) in [4.78, 5) is 61.1. The number of ether oxygens (including phenoxy) is 3. The topological polar surface area (TPSA) is 138 Å². The second kappa shape index (κ2) is 16.7. The standard InChI is InChI=1S/C36H49BrN4O8/c1-4-6-13-27(43)38-24(3)30(25-11-8-7-9-12-25)48-35(46)28-29-33(44)41(15-10-20-42)32(36(29)23-26(37)31(28)49-36)34(45)40(14-5-2)17-16-39-18-21-47-22-19-39/h4-5,7-9,11-12,24,26,28-32,42H,1-2,6,10,13-23H2,3H3,(H,38,43)/t24-,26?,28+,29-,30-,31+,32+,36-/m0/s1. The van der Waals surface area contributed by atoms with E-state index in [9.17, 15) is 24.3 Å². The van der Waals surface area contributed by atoms with Crippen LogP contribution in [0.2, 0.25) is 0 Å². The molecule has 1 unspecified atom stereocenters. The number of benzene rings is 1. The van der Waals surface area contributed by atoms with Gasteiger partial charge in [0.1, 0.15) is 17.7 Å². The van der Waals surface area contributed by atoms with Crippen LogP contribution < -0.4 is 5.32 Å². The summed E-state index contributed by atoms with van der Waals surface area (Å²) < 4.78 is 18.4. The minimum Gasteiger partial charge on any atom is -0.455 e. The lowest BCUT2D eigenvalue weighted by Gasteiger charge is -2.38. The minimum absolute atomic E-state index is 0.137. The first-order chi connectivity index (χ1) is 23.7. The molecule has 3 amide bonds. The number of esters is 1. The van der Waals surface area contributed by atoms with Crippen molar-refractivity contribution in [3.63, 3.8) is 0 Å². The van der Waals surface area contributed by atoms with Gasteiger partial charge in [-0.1, -0.05) is 58.4 Å². The normalized spacial score (nSPS) is 28.8. The highest BCUT2D eigenvalue weighted by molar-refractivity contribution is 9.09. The van der Waals surface area contributed by atoms with Crippen LogP contribution >= 0.6 is 15.9 Å². The van der Waals surface area contributed by atoms with Crippen molar-refractivity contribution in [2.75, 3.05) is 59.1 Å². The first-order valence-electron chi connectivity index (χ1n) is 17.3. The fourth-order valence-corrected chi connectivity index (χ4v) is 8.75. The Morgan fingerprint density at radius 3 is 2.59 bits per heavy atom. The number of hydrogen-bond acceptors (Lipinski definition) is 9. The van der Waals surface area contributed by atoms with Crippen molar-refractivity contribution >= 4 is 39.6 Å². The molecule has 0 aliphatic carbocycles. The molecular formula is C36H49BrN4O8. The van der Waals surface area contributed by atoms with Gasteiger partial charge in [-0.05, 0) is 31.7 Å². The maximum atomic E-state index is 14.6. The zero-order valence-electron chi connectivity index (χ0n) is 28.2. The summed E-state index contributed by atoms with van der Waals surface area (Å²) in [5, 5.41) is 12.7. The Labute approximate surface area is 296 Å². The lowest BCUT2D eigenvalue weighted by molar-refractivity contribution is -0.162. The summed E-state index contributed by atoms with van der Waals surface area (Å²) in [6.45, 7) is 13.5. The van der Waals surface area contributed by atoms with Crippen LogP contribution in [0.1, 0.15) is 44.3 Å². The number of amides is 3. The maximum absolute atomic E-state index is 14.6. The van der Waals surface area contributed by atoms with E-state index in [0.29, 0.717) is 44.7 Å². The van der Waals surface area contributed by atoms with Crippen LogP contribution in [0.3, 0.4) is 0 Å². The first kappa shape index (κ1) is 37.2. The van der Waals surface area contributed by atoms with E-state index >= 15 is 0 Å². The van der Waals surface area contributed by atoms with Crippen molar-refractivity contribution in [2.45, 2.75) is 67.3 Å². The molecular weight excluding hydrogens is 696 g/mol. The number of fused-ring (bicyclic) bond motifs is 1. The van der Waals surface area contributed by atoms with Crippen molar-refractivity contribution < 1.29 is 38.5 Å². The predicted molar refractivity (Wildman–Crippen MR) is 185 cm³/mol. The molecule has 1 aromatic carbocycles. The van der Waals surface area contributed by atoms with E-state index in [0.717, 1.165) is 13.1 Å². The molecule has 1 spiro atoms. The third-order valence-electron chi connectivity index (χ3n) is 10.1. The van der Waals surface area contributed by atoms with Gasteiger partial charge in [-0.15, -0.1) is 13.2 Å². The van der Waals surface area contributed by atoms with Crippen LogP contribution in [-0.4, -0.2) is 131 Å². The Bertz CT molecular complexity index is 1360. The number of allylic oxidation sites excluding steroid dienone is 1. The number of aliphatic hydroxyl groups excluding tert-OH is 1. The zero-order chi connectivity index (χ0) is 35.1. The Morgan fingerprint density at radius 1 is 1.18 bits per heavy atom. The van der Waals surface area contributed by atoms with E-state index in [1.54, 1.807) is 24.0 Å². The molecule has 2 N–H and O–H groups in total. The van der Waals surface area contributed by atoms with Crippen molar-refractivity contribution in [2.24, 2.45) is 11.8 Å². The molecule has 4 fully saturated rings. The molecule has 4 aliphatic heterocycles. The van der Waals surface area contributed by atoms with Gasteiger partial charge in [0.2, 0.25) is 17.7 Å². The summed E-state index contributed by atoms with van der Waals surface area (Å²) in [5.41, 5.74) is -0.575. The third kappa shape index (κ3) is 7.80. The molecule has 4 heterocycles. The van der Waals surface area contributed by atoms with E-state index in [4.69, 9.17) is 14.2 Å². The quantitative estimate of drug-likeness (QED) is 0.140. The fraction of sp³-hybridized carbons (Fsp3) is 0.611. The van der Waals surface area contributed by atoms with Gasteiger partial charge in [0.05, 0.1) is 37.2 Å². The van der Waals surface area contributed by atoms with Crippen LogP contribution in [0.4, 0.5) is 0 Å². The summed E-state index contributed by atoms with van der Waals surface area (Å²) >= 11 is 3.72. The SMILES string of the molecule is C=CCCC(=O)N[C@@H](C)[C@H](OC(=O)[C@H]1[C@@H]2O[C@@]3(CC2Br)[C@@H]1C(=O)N(CCCO)[C@@H]3C(=O)N(CC=C)CCN1CCOCC1)c1ccccc1. The van der Waals surface area contributed by atoms with Crippen molar-refractivity contribution in [1.29, 1.82) is 0 Å². The van der Waals surface area contributed by atoms with Gasteiger partial charge in [0, 0.05) is 57.1 Å². The first-order valence-corrected chi connectivity index (χ1v) is 18.2. The Morgan fingerprint density at radius 2 is 1.92 bits per heavy atom. The lowest BCUT2D eigenvalue weighted by Crippen LogP contribution is -2.57. The number of halogens is 1. The van der Waals surface area contributed by atoms with Gasteiger partial charge in [0.15, 0.2) is 0 Å². The highest BCUT2D eigenvalue weighted by Gasteiger charge is 2.77. The number of morpholine rings is 1. The predicted octanol–water partition coefficient (Wildman–Crippen LogP) is 2.22. The van der Waals surface area contributed by atoms with Crippen molar-refractivity contribution in [3.8, 4) is 0 Å². The Hall–Kier alpha value is -3.10. The lowest BCUT2D eigenvalue weighted by atomic mass is 9.70. The second-order valence-corrected chi connectivity index (χ2v) is 14.4. The molecule has 268 valence electrons. The molecule has 0 aromatic heterocycles. The molecule has 8 atom stereocenters. The summed E-state index contributed by atoms with van der Waals surface area (Å²) in [6.07, 6.45) is 3.18. The Balaban J connectivity index is 1.43. The van der Waals surface area contributed by atoms with Gasteiger partial charge >= 0.3 is 5.97 Å². The summed E-state index contributed by atoms with van der Waals surface area (Å²) in [7, 11) is 0. The highest BCUT2D eigenvalue weighted by atomic mass is 79.9. The highest BCUT2D eigenvalue weighted by Crippen LogP contribution is 2.60. The molecule has 0 radical (unpaired) electrons. The number of alkyl halides is 1. The number of likely N-dealkylation sites (tertiary alicyclic amines) is 1. The second-order valence-electron chi connectivity index (χ2n) is 13.3. The largest absolute Gasteiger partial charge is 0.455 e. The average Bonchev–Trinajstić information content (AvgIpc) is 3.70. The van der Waals surface area contributed by atoms with Crippen LogP contribution in [0.5, 0.6) is 0 Å². The van der Waals surface area contributed by atoms with Gasteiger partial charge in [0.25, 0.3) is 0 Å². The van der Waals surface area contributed by atoms with Gasteiger partial charge in [-0.3, -0.25) is 24.1 Å². The number of carbonyl (C=O) groups excluding carboxylic acids is 4. The molecule has 13 heteroatoms. The van der Waals surface area contributed by atoms with Crippen LogP contribution in [0.25, 0.3) is 0 Å². The molecule has 0 saturated carbocycles. The summed E-state index contributed by atoms with van der Waals surface area (Å²) in [6, 6.07) is 7.60. The molecule has 4 saturated heterocycles. The fourth-order valence-electron chi connectivity index (χ4n) is 7.81. The average molecular weight is 746 g/mol. The van der Waals surface area contributed by atoms with Crippen LogP contribution in [0, 0.1) is 11.8 Å².